The van der Waals surface area contributed by atoms with Crippen LogP contribution >= 0.6 is 43.2 Å². The zero-order valence-corrected chi connectivity index (χ0v) is 15.0. The molecule has 4 heteroatoms. The molecule has 0 aliphatic heterocycles. The molecule has 0 aliphatic carbocycles. The third-order valence-electron chi connectivity index (χ3n) is 3.10. The maximum atomic E-state index is 3.68. The second kappa shape index (κ2) is 7.02. The number of rotatable bonds is 5. The molecular weight excluding hydrogens is 386 g/mol. The van der Waals surface area contributed by atoms with E-state index in [2.05, 4.69) is 80.7 Å². The van der Waals surface area contributed by atoms with Crippen LogP contribution in [0.3, 0.4) is 0 Å². The summed E-state index contributed by atoms with van der Waals surface area (Å²) >= 11 is 9.08. The van der Waals surface area contributed by atoms with Crippen LogP contribution in [0.1, 0.15) is 35.9 Å². The fourth-order valence-electron chi connectivity index (χ4n) is 2.18. The predicted octanol–water partition coefficient (Wildman–Crippen LogP) is 5.53. The van der Waals surface area contributed by atoms with E-state index in [1.165, 1.54) is 16.0 Å². The average molecular weight is 403 g/mol. The van der Waals surface area contributed by atoms with Gasteiger partial charge in [-0.2, -0.15) is 0 Å². The predicted molar refractivity (Wildman–Crippen MR) is 91.1 cm³/mol. The molecule has 0 amide bonds. The highest BCUT2D eigenvalue weighted by atomic mass is 79.9. The highest BCUT2D eigenvalue weighted by Crippen LogP contribution is 2.35. The first-order chi connectivity index (χ1) is 9.17. The van der Waals surface area contributed by atoms with Crippen LogP contribution in [0.2, 0.25) is 0 Å². The van der Waals surface area contributed by atoms with Gasteiger partial charge >= 0.3 is 0 Å². The van der Waals surface area contributed by atoms with Gasteiger partial charge in [0.1, 0.15) is 0 Å². The standard InChI is InChI=1S/C15H17Br2NS/c1-3-10-7-8-19-15(10)14(18-4-2)12-9-11(16)5-6-13(12)17/h5-9,14,18H,3-4H2,1-2H3. The van der Waals surface area contributed by atoms with Gasteiger partial charge in [0.15, 0.2) is 0 Å². The summed E-state index contributed by atoms with van der Waals surface area (Å²) in [6.45, 7) is 5.31. The van der Waals surface area contributed by atoms with Crippen molar-refractivity contribution in [3.8, 4) is 0 Å². The number of nitrogens with one attached hydrogen (secondary N) is 1. The zero-order valence-electron chi connectivity index (χ0n) is 11.0. The van der Waals surface area contributed by atoms with E-state index in [1.54, 1.807) is 0 Å². The quantitative estimate of drug-likeness (QED) is 0.692. The highest BCUT2D eigenvalue weighted by Gasteiger charge is 2.19. The molecule has 102 valence electrons. The smallest absolute Gasteiger partial charge is 0.0685 e. The fourth-order valence-corrected chi connectivity index (χ4v) is 4.12. The normalized spacial score (nSPS) is 12.6. The molecular formula is C15H17Br2NS. The third kappa shape index (κ3) is 3.48. The summed E-state index contributed by atoms with van der Waals surface area (Å²) in [5, 5.41) is 5.79. The Hall–Kier alpha value is -0.160. The van der Waals surface area contributed by atoms with Gasteiger partial charge in [0.2, 0.25) is 0 Å². The number of hydrogen-bond acceptors (Lipinski definition) is 2. The summed E-state index contributed by atoms with van der Waals surface area (Å²) in [4.78, 5) is 1.42. The largest absolute Gasteiger partial charge is 0.306 e. The van der Waals surface area contributed by atoms with E-state index >= 15 is 0 Å². The van der Waals surface area contributed by atoms with Crippen LogP contribution in [0.5, 0.6) is 0 Å². The third-order valence-corrected chi connectivity index (χ3v) is 5.34. The molecule has 19 heavy (non-hydrogen) atoms. The molecule has 0 aliphatic rings. The SMILES string of the molecule is CCNC(c1cc(Br)ccc1Br)c1sccc1CC. The Bertz CT molecular complexity index is 551. The van der Waals surface area contributed by atoms with Crippen LogP contribution < -0.4 is 5.32 Å². The van der Waals surface area contributed by atoms with Gasteiger partial charge in [-0.25, -0.2) is 0 Å². The van der Waals surface area contributed by atoms with Gasteiger partial charge in [0.25, 0.3) is 0 Å². The minimum atomic E-state index is 0.256. The molecule has 0 fully saturated rings. The van der Waals surface area contributed by atoms with Crippen molar-refractivity contribution in [2.24, 2.45) is 0 Å². The molecule has 1 aromatic carbocycles. The Kier molecular flexibility index (Phi) is 5.63. The lowest BCUT2D eigenvalue weighted by molar-refractivity contribution is 0.633. The number of benzene rings is 1. The maximum absolute atomic E-state index is 3.68. The summed E-state index contributed by atoms with van der Waals surface area (Å²) in [6, 6.07) is 8.84. The molecule has 1 unspecified atom stereocenters. The van der Waals surface area contributed by atoms with Gasteiger partial charge < -0.3 is 5.32 Å². The van der Waals surface area contributed by atoms with Gasteiger partial charge in [-0.05, 0) is 53.7 Å². The number of thiophene rings is 1. The summed E-state index contributed by atoms with van der Waals surface area (Å²) in [5.74, 6) is 0. The summed E-state index contributed by atoms with van der Waals surface area (Å²) in [7, 11) is 0. The average Bonchev–Trinajstić information content (AvgIpc) is 2.87. The summed E-state index contributed by atoms with van der Waals surface area (Å²) < 4.78 is 2.26. The van der Waals surface area contributed by atoms with Crippen LogP contribution in [-0.2, 0) is 6.42 Å². The van der Waals surface area contributed by atoms with Crippen molar-refractivity contribution in [1.82, 2.24) is 5.32 Å². The maximum Gasteiger partial charge on any atom is 0.0685 e. The number of hydrogen-bond donors (Lipinski definition) is 1. The fraction of sp³-hybridized carbons (Fsp3) is 0.333. The monoisotopic (exact) mass is 401 g/mol. The second-order valence-electron chi connectivity index (χ2n) is 4.32. The van der Waals surface area contributed by atoms with Gasteiger partial charge in [0.05, 0.1) is 6.04 Å². The van der Waals surface area contributed by atoms with Gasteiger partial charge in [-0.15, -0.1) is 11.3 Å². The molecule has 0 spiro atoms. The first-order valence-corrected chi connectivity index (χ1v) is 8.88. The lowest BCUT2D eigenvalue weighted by atomic mass is 10.0. The number of aryl methyl sites for hydroxylation is 1. The highest BCUT2D eigenvalue weighted by molar-refractivity contribution is 9.11. The number of halogens is 2. The van der Waals surface area contributed by atoms with Crippen LogP contribution in [0.25, 0.3) is 0 Å². The molecule has 1 heterocycles. The van der Waals surface area contributed by atoms with E-state index < -0.39 is 0 Å². The van der Waals surface area contributed by atoms with Crippen molar-refractivity contribution >= 4 is 43.2 Å². The Morgan fingerprint density at radius 1 is 1.21 bits per heavy atom. The molecule has 2 rings (SSSR count). The molecule has 0 bridgehead atoms. The lowest BCUT2D eigenvalue weighted by Crippen LogP contribution is -2.22. The first kappa shape index (κ1) is 15.2. The van der Waals surface area contributed by atoms with E-state index in [4.69, 9.17) is 0 Å². The minimum absolute atomic E-state index is 0.256. The lowest BCUT2D eigenvalue weighted by Gasteiger charge is -2.20. The molecule has 0 radical (unpaired) electrons. The Morgan fingerprint density at radius 3 is 2.68 bits per heavy atom. The van der Waals surface area contributed by atoms with E-state index in [9.17, 15) is 0 Å². The van der Waals surface area contributed by atoms with Crippen LogP contribution in [-0.4, -0.2) is 6.54 Å². The second-order valence-corrected chi connectivity index (χ2v) is 7.04. The van der Waals surface area contributed by atoms with Crippen molar-refractivity contribution in [2.75, 3.05) is 6.54 Å². The molecule has 1 nitrogen and oxygen atoms in total. The van der Waals surface area contributed by atoms with E-state index in [-0.39, 0.29) is 6.04 Å². The Labute approximate surface area is 135 Å². The van der Waals surface area contributed by atoms with E-state index in [0.29, 0.717) is 0 Å². The van der Waals surface area contributed by atoms with Crippen LogP contribution in [0.4, 0.5) is 0 Å². The van der Waals surface area contributed by atoms with Crippen molar-refractivity contribution in [3.63, 3.8) is 0 Å². The van der Waals surface area contributed by atoms with E-state index in [1.807, 2.05) is 11.3 Å². The molecule has 0 saturated heterocycles. The van der Waals surface area contributed by atoms with E-state index in [0.717, 1.165) is 21.9 Å². The minimum Gasteiger partial charge on any atom is -0.306 e. The zero-order chi connectivity index (χ0) is 13.8. The van der Waals surface area contributed by atoms with Crippen molar-refractivity contribution in [3.05, 3.63) is 54.6 Å². The Balaban J connectivity index is 2.48. The van der Waals surface area contributed by atoms with Gasteiger partial charge in [-0.3, -0.25) is 0 Å². The Morgan fingerprint density at radius 2 is 2.00 bits per heavy atom. The topological polar surface area (TPSA) is 12.0 Å². The molecule has 1 N–H and O–H groups in total. The van der Waals surface area contributed by atoms with Crippen LogP contribution in [0, 0.1) is 0 Å². The molecule has 2 aromatic rings. The first-order valence-electron chi connectivity index (χ1n) is 6.42. The summed E-state index contributed by atoms with van der Waals surface area (Å²) in [5.41, 5.74) is 2.72. The molecule has 1 aromatic heterocycles. The van der Waals surface area contributed by atoms with Gasteiger partial charge in [-0.1, -0.05) is 45.7 Å². The van der Waals surface area contributed by atoms with Crippen molar-refractivity contribution in [1.29, 1.82) is 0 Å². The van der Waals surface area contributed by atoms with Crippen LogP contribution in [0.15, 0.2) is 38.6 Å². The molecule has 1 atom stereocenters. The summed E-state index contributed by atoms with van der Waals surface area (Å²) in [6.07, 6.45) is 1.08. The van der Waals surface area contributed by atoms with Gasteiger partial charge in [0, 0.05) is 13.8 Å². The van der Waals surface area contributed by atoms with Crippen molar-refractivity contribution in [2.45, 2.75) is 26.3 Å². The molecule has 0 saturated carbocycles. The van der Waals surface area contributed by atoms with Crippen molar-refractivity contribution < 1.29 is 0 Å².